The zero-order chi connectivity index (χ0) is 11.3. The van der Waals surface area contributed by atoms with Gasteiger partial charge in [-0.05, 0) is 6.92 Å². The third-order valence-electron chi connectivity index (χ3n) is 1.85. The standard InChI is InChI=1S/C9H16N4O2/c1-6-3-12-9(10)13-8(6)11-4-7(14)5-15-2/h3,7,14H,4-5H2,1-2H3,(H3,10,11,12,13). The van der Waals surface area contributed by atoms with Crippen molar-refractivity contribution < 1.29 is 9.84 Å². The van der Waals surface area contributed by atoms with E-state index in [9.17, 15) is 5.11 Å². The Kier molecular flexibility index (Phi) is 4.26. The molecule has 4 N–H and O–H groups in total. The third kappa shape index (κ3) is 3.69. The van der Waals surface area contributed by atoms with Gasteiger partial charge in [-0.2, -0.15) is 4.98 Å². The van der Waals surface area contributed by atoms with Gasteiger partial charge in [-0.15, -0.1) is 0 Å². The van der Waals surface area contributed by atoms with Crippen LogP contribution in [0.4, 0.5) is 11.8 Å². The maximum atomic E-state index is 9.41. The Hall–Kier alpha value is -1.40. The molecule has 0 spiro atoms. The van der Waals surface area contributed by atoms with E-state index in [-0.39, 0.29) is 12.6 Å². The van der Waals surface area contributed by atoms with Gasteiger partial charge in [0.1, 0.15) is 5.82 Å². The summed E-state index contributed by atoms with van der Waals surface area (Å²) in [4.78, 5) is 7.85. The van der Waals surface area contributed by atoms with Gasteiger partial charge in [0.25, 0.3) is 0 Å². The molecule has 0 bridgehead atoms. The molecular weight excluding hydrogens is 196 g/mol. The molecule has 1 rings (SSSR count). The number of nitrogens with two attached hydrogens (primary N) is 1. The predicted molar refractivity (Wildman–Crippen MR) is 57.6 cm³/mol. The highest BCUT2D eigenvalue weighted by Gasteiger charge is 2.05. The second kappa shape index (κ2) is 5.47. The molecule has 0 aromatic carbocycles. The average molecular weight is 212 g/mol. The molecule has 1 heterocycles. The fourth-order valence-corrected chi connectivity index (χ4v) is 1.10. The largest absolute Gasteiger partial charge is 0.389 e. The molecule has 0 aliphatic heterocycles. The number of nitrogen functional groups attached to an aromatic ring is 1. The summed E-state index contributed by atoms with van der Waals surface area (Å²) in [5.74, 6) is 0.849. The normalized spacial score (nSPS) is 12.5. The molecule has 15 heavy (non-hydrogen) atoms. The Morgan fingerprint density at radius 3 is 3.07 bits per heavy atom. The maximum Gasteiger partial charge on any atom is 0.221 e. The molecule has 0 aliphatic carbocycles. The van der Waals surface area contributed by atoms with Crippen LogP contribution in [0.2, 0.25) is 0 Å². The molecular formula is C9H16N4O2. The highest BCUT2D eigenvalue weighted by atomic mass is 16.5. The topological polar surface area (TPSA) is 93.3 Å². The van der Waals surface area contributed by atoms with Crippen molar-refractivity contribution in [2.24, 2.45) is 0 Å². The van der Waals surface area contributed by atoms with E-state index in [0.717, 1.165) is 5.56 Å². The summed E-state index contributed by atoms with van der Waals surface area (Å²) in [5.41, 5.74) is 6.33. The van der Waals surface area contributed by atoms with Gasteiger partial charge < -0.3 is 20.9 Å². The van der Waals surface area contributed by atoms with Gasteiger partial charge in [0.15, 0.2) is 0 Å². The maximum absolute atomic E-state index is 9.41. The number of nitrogens with zero attached hydrogens (tertiary/aromatic N) is 2. The minimum atomic E-state index is -0.564. The van der Waals surface area contributed by atoms with Crippen molar-refractivity contribution in [1.82, 2.24) is 9.97 Å². The number of aromatic nitrogens is 2. The first-order valence-corrected chi connectivity index (χ1v) is 4.63. The van der Waals surface area contributed by atoms with Crippen molar-refractivity contribution in [3.8, 4) is 0 Å². The van der Waals surface area contributed by atoms with E-state index >= 15 is 0 Å². The van der Waals surface area contributed by atoms with E-state index in [1.807, 2.05) is 6.92 Å². The van der Waals surface area contributed by atoms with Crippen molar-refractivity contribution in [1.29, 1.82) is 0 Å². The molecule has 6 nitrogen and oxygen atoms in total. The molecule has 1 aromatic heterocycles. The van der Waals surface area contributed by atoms with Gasteiger partial charge in [0.05, 0.1) is 12.7 Å². The number of aliphatic hydroxyl groups excluding tert-OH is 1. The van der Waals surface area contributed by atoms with Crippen molar-refractivity contribution >= 4 is 11.8 Å². The van der Waals surface area contributed by atoms with E-state index in [0.29, 0.717) is 12.4 Å². The molecule has 1 unspecified atom stereocenters. The number of ether oxygens (including phenoxy) is 1. The lowest BCUT2D eigenvalue weighted by molar-refractivity contribution is 0.0727. The predicted octanol–water partition coefficient (Wildman–Crippen LogP) is -0.214. The van der Waals surface area contributed by atoms with Gasteiger partial charge in [-0.1, -0.05) is 0 Å². The molecule has 0 amide bonds. The Labute approximate surface area is 88.5 Å². The molecule has 6 heteroatoms. The molecule has 0 fully saturated rings. The van der Waals surface area contributed by atoms with Crippen molar-refractivity contribution in [2.75, 3.05) is 31.3 Å². The van der Waals surface area contributed by atoms with Crippen molar-refractivity contribution in [3.05, 3.63) is 11.8 Å². The van der Waals surface area contributed by atoms with Crippen LogP contribution in [0.5, 0.6) is 0 Å². The summed E-state index contributed by atoms with van der Waals surface area (Å²) in [5, 5.41) is 12.4. The zero-order valence-corrected chi connectivity index (χ0v) is 8.90. The summed E-state index contributed by atoms with van der Waals surface area (Å²) in [6.45, 7) is 2.52. The van der Waals surface area contributed by atoms with Gasteiger partial charge in [0.2, 0.25) is 5.95 Å². The van der Waals surface area contributed by atoms with E-state index in [1.54, 1.807) is 6.20 Å². The Balaban J connectivity index is 2.53. The van der Waals surface area contributed by atoms with Crippen LogP contribution in [0.25, 0.3) is 0 Å². The van der Waals surface area contributed by atoms with Crippen LogP contribution in [0, 0.1) is 6.92 Å². The third-order valence-corrected chi connectivity index (χ3v) is 1.85. The van der Waals surface area contributed by atoms with Crippen molar-refractivity contribution in [2.45, 2.75) is 13.0 Å². The minimum absolute atomic E-state index is 0.212. The zero-order valence-electron chi connectivity index (χ0n) is 8.90. The number of hydrogen-bond donors (Lipinski definition) is 3. The fraction of sp³-hybridized carbons (Fsp3) is 0.556. The van der Waals surface area contributed by atoms with Gasteiger partial charge in [-0.25, -0.2) is 4.98 Å². The summed E-state index contributed by atoms with van der Waals surface area (Å²) >= 11 is 0. The number of hydrogen-bond acceptors (Lipinski definition) is 6. The van der Waals surface area contributed by atoms with E-state index in [2.05, 4.69) is 15.3 Å². The smallest absolute Gasteiger partial charge is 0.221 e. The average Bonchev–Trinajstić information content (AvgIpc) is 2.20. The monoisotopic (exact) mass is 212 g/mol. The van der Waals surface area contributed by atoms with Crippen LogP contribution in [-0.4, -0.2) is 41.4 Å². The summed E-state index contributed by atoms with van der Waals surface area (Å²) in [7, 11) is 1.54. The molecule has 0 aliphatic rings. The second-order valence-corrected chi connectivity index (χ2v) is 3.25. The van der Waals surface area contributed by atoms with Gasteiger partial charge >= 0.3 is 0 Å². The lowest BCUT2D eigenvalue weighted by Gasteiger charge is -2.12. The molecule has 0 saturated carbocycles. The fourth-order valence-electron chi connectivity index (χ4n) is 1.10. The second-order valence-electron chi connectivity index (χ2n) is 3.25. The van der Waals surface area contributed by atoms with Crippen LogP contribution >= 0.6 is 0 Å². The van der Waals surface area contributed by atoms with E-state index < -0.39 is 6.10 Å². The van der Waals surface area contributed by atoms with Crippen LogP contribution in [0.1, 0.15) is 5.56 Å². The lowest BCUT2D eigenvalue weighted by atomic mass is 10.3. The molecule has 84 valence electrons. The number of anilines is 2. The number of nitrogens with one attached hydrogen (secondary N) is 1. The highest BCUT2D eigenvalue weighted by molar-refractivity contribution is 5.45. The van der Waals surface area contributed by atoms with Gasteiger partial charge in [0, 0.05) is 25.4 Å². The van der Waals surface area contributed by atoms with E-state index in [1.165, 1.54) is 7.11 Å². The number of methoxy groups -OCH3 is 1. The van der Waals surface area contributed by atoms with Crippen LogP contribution in [-0.2, 0) is 4.74 Å². The molecule has 0 radical (unpaired) electrons. The lowest BCUT2D eigenvalue weighted by Crippen LogP contribution is -2.25. The molecule has 0 saturated heterocycles. The number of aliphatic hydroxyl groups is 1. The summed E-state index contributed by atoms with van der Waals surface area (Å²) in [6.07, 6.45) is 1.07. The Morgan fingerprint density at radius 2 is 2.40 bits per heavy atom. The van der Waals surface area contributed by atoms with E-state index in [4.69, 9.17) is 10.5 Å². The molecule has 1 aromatic rings. The van der Waals surface area contributed by atoms with Crippen molar-refractivity contribution in [3.63, 3.8) is 0 Å². The van der Waals surface area contributed by atoms with Gasteiger partial charge in [-0.3, -0.25) is 0 Å². The summed E-state index contributed by atoms with van der Waals surface area (Å²) in [6, 6.07) is 0. The van der Waals surface area contributed by atoms with Crippen LogP contribution < -0.4 is 11.1 Å². The SMILES string of the molecule is COCC(O)CNc1nc(N)ncc1C. The minimum Gasteiger partial charge on any atom is -0.389 e. The quantitative estimate of drug-likeness (QED) is 0.625. The number of rotatable bonds is 5. The summed E-state index contributed by atoms with van der Waals surface area (Å²) < 4.78 is 4.80. The Bertz CT molecular complexity index is 319. The van der Waals surface area contributed by atoms with Crippen LogP contribution in [0.3, 0.4) is 0 Å². The first kappa shape index (κ1) is 11.7. The first-order chi connectivity index (χ1) is 7.13. The highest BCUT2D eigenvalue weighted by Crippen LogP contribution is 2.10. The number of aryl methyl sites for hydroxylation is 1. The Morgan fingerprint density at radius 1 is 1.67 bits per heavy atom. The first-order valence-electron chi connectivity index (χ1n) is 4.63. The molecule has 1 atom stereocenters. The van der Waals surface area contributed by atoms with Crippen LogP contribution in [0.15, 0.2) is 6.20 Å².